The Hall–Kier alpha value is -1.55. The second-order valence-corrected chi connectivity index (χ2v) is 5.80. The van der Waals surface area contributed by atoms with Crippen molar-refractivity contribution < 1.29 is 4.79 Å². The van der Waals surface area contributed by atoms with Crippen LogP contribution < -0.4 is 0 Å². The number of ketones is 1. The first-order valence-corrected chi connectivity index (χ1v) is 7.34. The van der Waals surface area contributed by atoms with Crippen LogP contribution in [-0.2, 0) is 13.5 Å². The van der Waals surface area contributed by atoms with Crippen molar-refractivity contribution in [3.05, 3.63) is 47.3 Å². The van der Waals surface area contributed by atoms with Crippen molar-refractivity contribution in [1.29, 1.82) is 0 Å². The van der Waals surface area contributed by atoms with Crippen molar-refractivity contribution in [2.45, 2.75) is 25.2 Å². The summed E-state index contributed by atoms with van der Waals surface area (Å²) in [7, 11) is 1.87. The second kappa shape index (κ2) is 6.06. The lowest BCUT2D eigenvalue weighted by molar-refractivity contribution is 0.0990. The van der Waals surface area contributed by atoms with E-state index in [1.165, 1.54) is 4.90 Å². The Morgan fingerprint density at radius 2 is 2.00 bits per heavy atom. The predicted molar refractivity (Wildman–Crippen MR) is 78.8 cm³/mol. The van der Waals surface area contributed by atoms with E-state index in [1.807, 2.05) is 44.3 Å². The van der Waals surface area contributed by atoms with Gasteiger partial charge in [-0.25, -0.2) is 0 Å². The van der Waals surface area contributed by atoms with Gasteiger partial charge >= 0.3 is 0 Å². The Kier molecular flexibility index (Phi) is 4.43. The molecule has 3 nitrogen and oxygen atoms in total. The third-order valence-corrected chi connectivity index (χ3v) is 3.82. The summed E-state index contributed by atoms with van der Waals surface area (Å²) in [6.45, 7) is 4.05. The molecule has 0 N–H and O–H groups in total. The van der Waals surface area contributed by atoms with Gasteiger partial charge in [0, 0.05) is 23.2 Å². The molecule has 0 aliphatic heterocycles. The summed E-state index contributed by atoms with van der Waals surface area (Å²) in [4.78, 5) is 13.4. The van der Waals surface area contributed by atoms with Crippen LogP contribution in [0.4, 0.5) is 0 Å². The smallest absolute Gasteiger partial charge is 0.168 e. The molecule has 2 rings (SSSR count). The number of Topliss-reactive ketones (excluding diaryl/α,β-unsaturated/α-hetero) is 1. The summed E-state index contributed by atoms with van der Waals surface area (Å²) < 4.78 is 1.77. The predicted octanol–water partition coefficient (Wildman–Crippen LogP) is 3.27. The van der Waals surface area contributed by atoms with E-state index < -0.39 is 0 Å². The van der Waals surface area contributed by atoms with Crippen LogP contribution in [0.5, 0.6) is 0 Å². The average molecular weight is 274 g/mol. The molecule has 0 unspecified atom stereocenters. The number of hydrogen-bond acceptors (Lipinski definition) is 3. The highest BCUT2D eigenvalue weighted by atomic mass is 32.2. The monoisotopic (exact) mass is 274 g/mol. The van der Waals surface area contributed by atoms with Crippen LogP contribution in [0.1, 0.15) is 28.7 Å². The fraction of sp³-hybridized carbons (Fsp3) is 0.333. The summed E-state index contributed by atoms with van der Waals surface area (Å²) in [5.41, 5.74) is 2.66. The molecule has 0 aliphatic rings. The van der Waals surface area contributed by atoms with Gasteiger partial charge in [-0.3, -0.25) is 9.48 Å². The topological polar surface area (TPSA) is 34.9 Å². The summed E-state index contributed by atoms with van der Waals surface area (Å²) in [5.74, 6) is 1.18. The zero-order valence-electron chi connectivity index (χ0n) is 11.5. The van der Waals surface area contributed by atoms with Gasteiger partial charge in [0.2, 0.25) is 0 Å². The van der Waals surface area contributed by atoms with E-state index in [-0.39, 0.29) is 5.78 Å². The Bertz CT molecular complexity index is 572. The quantitative estimate of drug-likeness (QED) is 0.620. The van der Waals surface area contributed by atoms with Crippen molar-refractivity contribution in [1.82, 2.24) is 9.78 Å². The third kappa shape index (κ3) is 3.47. The van der Waals surface area contributed by atoms with Gasteiger partial charge in [0.05, 0.1) is 12.1 Å². The molecular weight excluding hydrogens is 256 g/mol. The number of rotatable bonds is 5. The van der Waals surface area contributed by atoms with Crippen LogP contribution in [0, 0.1) is 6.92 Å². The molecule has 0 amide bonds. The lowest BCUT2D eigenvalue weighted by Crippen LogP contribution is -2.07. The number of aryl methyl sites for hydroxylation is 2. The van der Waals surface area contributed by atoms with Gasteiger partial charge in [0.25, 0.3) is 0 Å². The molecule has 0 saturated heterocycles. The van der Waals surface area contributed by atoms with Crippen LogP contribution in [-0.4, -0.2) is 21.3 Å². The van der Waals surface area contributed by atoms with Crippen LogP contribution in [0.2, 0.25) is 0 Å². The highest BCUT2D eigenvalue weighted by Crippen LogP contribution is 2.18. The molecule has 1 heterocycles. The van der Waals surface area contributed by atoms with Gasteiger partial charge in [-0.05, 0) is 30.9 Å². The van der Waals surface area contributed by atoms with Crippen LogP contribution in [0.3, 0.4) is 0 Å². The molecule has 1 aromatic carbocycles. The first-order valence-electron chi connectivity index (χ1n) is 6.35. The minimum Gasteiger partial charge on any atom is -0.294 e. The van der Waals surface area contributed by atoms with E-state index in [2.05, 4.69) is 12.0 Å². The van der Waals surface area contributed by atoms with Gasteiger partial charge in [-0.1, -0.05) is 19.1 Å². The van der Waals surface area contributed by atoms with Crippen LogP contribution >= 0.6 is 11.8 Å². The Morgan fingerprint density at radius 3 is 2.53 bits per heavy atom. The lowest BCUT2D eigenvalue weighted by Gasteiger charge is -2.03. The van der Waals surface area contributed by atoms with Gasteiger partial charge in [0.15, 0.2) is 5.78 Å². The lowest BCUT2D eigenvalue weighted by atomic mass is 10.1. The number of carbonyl (C=O) groups is 1. The minimum absolute atomic E-state index is 0.135. The standard InChI is InChI=1S/C15H18N2OS/c1-4-19-14-7-5-12(6-8-14)15(18)10-13-9-11(2)16-17(13)3/h5-9H,4,10H2,1-3H3. The minimum atomic E-state index is 0.135. The zero-order chi connectivity index (χ0) is 13.8. The number of carbonyl (C=O) groups excluding carboxylic acids is 1. The van der Waals surface area contributed by atoms with Gasteiger partial charge in [0.1, 0.15) is 0 Å². The summed E-state index contributed by atoms with van der Waals surface area (Å²) >= 11 is 1.78. The highest BCUT2D eigenvalue weighted by Gasteiger charge is 2.10. The average Bonchev–Trinajstić information content (AvgIpc) is 2.69. The number of nitrogens with zero attached hydrogens (tertiary/aromatic N) is 2. The normalized spacial score (nSPS) is 10.7. The van der Waals surface area contributed by atoms with E-state index in [9.17, 15) is 4.79 Å². The molecule has 100 valence electrons. The zero-order valence-corrected chi connectivity index (χ0v) is 12.3. The van der Waals surface area contributed by atoms with E-state index >= 15 is 0 Å². The Labute approximate surface area is 118 Å². The van der Waals surface area contributed by atoms with Crippen LogP contribution in [0.25, 0.3) is 0 Å². The highest BCUT2D eigenvalue weighted by molar-refractivity contribution is 7.99. The Morgan fingerprint density at radius 1 is 1.32 bits per heavy atom. The largest absolute Gasteiger partial charge is 0.294 e. The first kappa shape index (κ1) is 13.9. The van der Waals surface area contributed by atoms with Gasteiger partial charge in [-0.15, -0.1) is 11.8 Å². The summed E-state index contributed by atoms with van der Waals surface area (Å²) in [5, 5.41) is 4.26. The molecule has 4 heteroatoms. The fourth-order valence-electron chi connectivity index (χ4n) is 2.00. The maximum absolute atomic E-state index is 12.2. The first-order chi connectivity index (χ1) is 9.10. The van der Waals surface area contributed by atoms with E-state index in [4.69, 9.17) is 0 Å². The van der Waals surface area contributed by atoms with Crippen molar-refractivity contribution >= 4 is 17.5 Å². The summed E-state index contributed by atoms with van der Waals surface area (Å²) in [6, 6.07) is 9.79. The fourth-order valence-corrected chi connectivity index (χ4v) is 2.66. The number of benzene rings is 1. The van der Waals surface area contributed by atoms with Crippen molar-refractivity contribution in [3.8, 4) is 0 Å². The second-order valence-electron chi connectivity index (χ2n) is 4.46. The molecule has 0 fully saturated rings. The van der Waals surface area contributed by atoms with Crippen molar-refractivity contribution in [2.24, 2.45) is 7.05 Å². The summed E-state index contributed by atoms with van der Waals surface area (Å²) in [6.07, 6.45) is 0.400. The Balaban J connectivity index is 2.09. The molecule has 0 bridgehead atoms. The molecule has 0 saturated carbocycles. The molecule has 0 atom stereocenters. The molecule has 2 aromatic rings. The number of hydrogen-bond donors (Lipinski definition) is 0. The molecule has 19 heavy (non-hydrogen) atoms. The maximum Gasteiger partial charge on any atom is 0.168 e. The van der Waals surface area contributed by atoms with Gasteiger partial charge < -0.3 is 0 Å². The molecule has 0 aliphatic carbocycles. The number of aromatic nitrogens is 2. The van der Waals surface area contributed by atoms with E-state index in [0.29, 0.717) is 6.42 Å². The molecule has 0 radical (unpaired) electrons. The van der Waals surface area contributed by atoms with E-state index in [1.54, 1.807) is 16.4 Å². The molecule has 1 aromatic heterocycles. The van der Waals surface area contributed by atoms with Crippen LogP contribution in [0.15, 0.2) is 35.2 Å². The van der Waals surface area contributed by atoms with Crippen molar-refractivity contribution in [2.75, 3.05) is 5.75 Å². The number of thioether (sulfide) groups is 1. The SMILES string of the molecule is CCSc1ccc(C(=O)Cc2cc(C)nn2C)cc1. The van der Waals surface area contributed by atoms with Gasteiger partial charge in [-0.2, -0.15) is 5.10 Å². The van der Waals surface area contributed by atoms with Crippen molar-refractivity contribution in [3.63, 3.8) is 0 Å². The van der Waals surface area contributed by atoms with E-state index in [0.717, 1.165) is 22.7 Å². The molecular formula is C15H18N2OS. The maximum atomic E-state index is 12.2. The third-order valence-electron chi connectivity index (χ3n) is 2.93. The molecule has 0 spiro atoms.